The van der Waals surface area contributed by atoms with Crippen LogP contribution in [0.25, 0.3) is 0 Å². The van der Waals surface area contributed by atoms with Gasteiger partial charge in [0.2, 0.25) is 0 Å². The maximum atomic E-state index is 12.7. The Hall–Kier alpha value is -1.63. The zero-order chi connectivity index (χ0) is 20.2. The Morgan fingerprint density at radius 2 is 1.71 bits per heavy atom. The predicted molar refractivity (Wildman–Crippen MR) is 110 cm³/mol. The number of carbonyl (C=O) groups excluding carboxylic acids is 1. The predicted octanol–water partition coefficient (Wildman–Crippen LogP) is 6.80. The van der Waals surface area contributed by atoms with Gasteiger partial charge in [-0.15, -0.1) is 0 Å². The van der Waals surface area contributed by atoms with E-state index < -0.39 is 5.83 Å². The van der Waals surface area contributed by atoms with Crippen LogP contribution in [0.15, 0.2) is 24.1 Å². The Morgan fingerprint density at radius 1 is 1.07 bits per heavy atom. The molecule has 0 radical (unpaired) electrons. The van der Waals surface area contributed by atoms with Crippen molar-refractivity contribution in [3.63, 3.8) is 0 Å². The number of nitriles is 1. The summed E-state index contributed by atoms with van der Waals surface area (Å²) in [6, 6.07) is 1.46. The molecule has 0 amide bonds. The molecule has 0 heterocycles. The average molecular weight is 390 g/mol. The Morgan fingerprint density at radius 3 is 2.36 bits per heavy atom. The maximum Gasteiger partial charge on any atom is 0.309 e. The second-order valence-electron chi connectivity index (χ2n) is 8.57. The number of unbranched alkanes of at least 4 members (excludes halogenated alkanes) is 1. The van der Waals surface area contributed by atoms with E-state index in [1.165, 1.54) is 44.2 Å². The Kier molecular flexibility index (Phi) is 10.3. The van der Waals surface area contributed by atoms with Crippen LogP contribution in [-0.2, 0) is 9.53 Å². The highest BCUT2D eigenvalue weighted by Crippen LogP contribution is 2.34. The lowest BCUT2D eigenvalue weighted by molar-refractivity contribution is -0.157. The number of hydrogen-bond acceptors (Lipinski definition) is 3. The summed E-state index contributed by atoms with van der Waals surface area (Å²) in [6.07, 6.45) is 19.2. The number of esters is 1. The van der Waals surface area contributed by atoms with Gasteiger partial charge in [-0.3, -0.25) is 4.79 Å². The van der Waals surface area contributed by atoms with Crippen LogP contribution in [-0.4, -0.2) is 12.1 Å². The van der Waals surface area contributed by atoms with Crippen LogP contribution >= 0.6 is 0 Å². The third-order valence-corrected chi connectivity index (χ3v) is 6.45. The van der Waals surface area contributed by atoms with Crippen LogP contribution in [0.3, 0.4) is 0 Å². The molecule has 3 nitrogen and oxygen atoms in total. The lowest BCUT2D eigenvalue weighted by Gasteiger charge is -2.31. The van der Waals surface area contributed by atoms with Crippen LogP contribution in [0.5, 0.6) is 0 Å². The summed E-state index contributed by atoms with van der Waals surface area (Å²) in [7, 11) is 0. The quantitative estimate of drug-likeness (QED) is 0.247. The zero-order valence-corrected chi connectivity index (χ0v) is 17.4. The summed E-state index contributed by atoms with van der Waals surface area (Å²) in [5.74, 6) is 0.890. The molecule has 2 rings (SSSR count). The molecule has 2 aliphatic carbocycles. The van der Waals surface area contributed by atoms with E-state index >= 15 is 0 Å². The highest BCUT2D eigenvalue weighted by atomic mass is 19.1. The van der Waals surface area contributed by atoms with Crippen molar-refractivity contribution in [2.75, 3.05) is 0 Å². The first-order valence-corrected chi connectivity index (χ1v) is 11.2. The topological polar surface area (TPSA) is 50.1 Å². The molecule has 0 aromatic carbocycles. The minimum absolute atomic E-state index is 0.0478. The number of carbonyl (C=O) groups is 1. The summed E-state index contributed by atoms with van der Waals surface area (Å²) in [6.45, 7) is 2.24. The third-order valence-electron chi connectivity index (χ3n) is 6.45. The molecule has 0 bridgehead atoms. The molecule has 0 aliphatic heterocycles. The van der Waals surface area contributed by atoms with E-state index in [9.17, 15) is 9.18 Å². The minimum atomic E-state index is -0.756. The summed E-state index contributed by atoms with van der Waals surface area (Å²) in [4.78, 5) is 12.5. The molecule has 0 saturated heterocycles. The second kappa shape index (κ2) is 12.8. The van der Waals surface area contributed by atoms with E-state index in [1.54, 1.807) is 6.08 Å². The summed E-state index contributed by atoms with van der Waals surface area (Å²) in [5, 5.41) is 8.35. The van der Waals surface area contributed by atoms with Crippen molar-refractivity contribution in [2.24, 2.45) is 17.8 Å². The molecule has 28 heavy (non-hydrogen) atoms. The first kappa shape index (κ1) is 22.7. The Balaban J connectivity index is 1.59. The van der Waals surface area contributed by atoms with Gasteiger partial charge >= 0.3 is 5.97 Å². The number of rotatable bonds is 9. The largest absolute Gasteiger partial charge is 0.462 e. The van der Waals surface area contributed by atoms with Gasteiger partial charge in [0, 0.05) is 0 Å². The molecule has 0 spiro atoms. The Labute approximate surface area is 170 Å². The number of ether oxygens (including phenoxy) is 1. The highest BCUT2D eigenvalue weighted by molar-refractivity contribution is 5.72. The second-order valence-corrected chi connectivity index (χ2v) is 8.57. The van der Waals surface area contributed by atoms with Crippen molar-refractivity contribution in [1.82, 2.24) is 0 Å². The van der Waals surface area contributed by atoms with Crippen LogP contribution in [0, 0.1) is 29.1 Å². The van der Waals surface area contributed by atoms with Crippen LogP contribution < -0.4 is 0 Å². The lowest BCUT2D eigenvalue weighted by Crippen LogP contribution is -2.30. The number of hydrogen-bond donors (Lipinski definition) is 0. The fourth-order valence-electron chi connectivity index (χ4n) is 4.60. The first-order valence-electron chi connectivity index (χ1n) is 11.2. The van der Waals surface area contributed by atoms with Crippen LogP contribution in [0.2, 0.25) is 0 Å². The van der Waals surface area contributed by atoms with Crippen molar-refractivity contribution in [2.45, 2.75) is 96.5 Å². The third kappa shape index (κ3) is 8.17. The van der Waals surface area contributed by atoms with E-state index in [1.807, 2.05) is 6.08 Å². The fourth-order valence-corrected chi connectivity index (χ4v) is 4.60. The SMILES string of the molecule is CCCCC1CCC(C(=O)OC2CCC(CCC=CC=C(F)C#N)CC2)CC1. The lowest BCUT2D eigenvalue weighted by atomic mass is 9.79. The number of allylic oxidation sites excluding steroid dienone is 4. The molecule has 0 N–H and O–H groups in total. The normalized spacial score (nSPS) is 28.8. The molecular formula is C24H36FNO2. The maximum absolute atomic E-state index is 12.7. The average Bonchev–Trinajstić information content (AvgIpc) is 2.73. The van der Waals surface area contributed by atoms with Gasteiger partial charge in [-0.25, -0.2) is 0 Å². The van der Waals surface area contributed by atoms with Gasteiger partial charge in [-0.2, -0.15) is 9.65 Å². The van der Waals surface area contributed by atoms with Gasteiger partial charge in [0.25, 0.3) is 0 Å². The van der Waals surface area contributed by atoms with Crippen LogP contribution in [0.4, 0.5) is 4.39 Å². The highest BCUT2D eigenvalue weighted by Gasteiger charge is 2.30. The van der Waals surface area contributed by atoms with Gasteiger partial charge in [0.1, 0.15) is 12.2 Å². The van der Waals surface area contributed by atoms with Gasteiger partial charge in [0.05, 0.1) is 5.92 Å². The molecule has 4 heteroatoms. The molecule has 156 valence electrons. The minimum Gasteiger partial charge on any atom is -0.462 e. The number of nitrogens with zero attached hydrogens (tertiary/aromatic N) is 1. The van der Waals surface area contributed by atoms with Crippen molar-refractivity contribution in [3.8, 4) is 6.07 Å². The molecule has 2 saturated carbocycles. The summed E-state index contributed by atoms with van der Waals surface area (Å²) >= 11 is 0. The van der Waals surface area contributed by atoms with Crippen molar-refractivity contribution in [3.05, 3.63) is 24.1 Å². The summed E-state index contributed by atoms with van der Waals surface area (Å²) in [5.41, 5.74) is 0. The van der Waals surface area contributed by atoms with Gasteiger partial charge in [0.15, 0.2) is 5.83 Å². The fraction of sp³-hybridized carbons (Fsp3) is 0.750. The smallest absolute Gasteiger partial charge is 0.309 e. The molecule has 0 aromatic heterocycles. The van der Waals surface area contributed by atoms with E-state index in [2.05, 4.69) is 6.92 Å². The number of halogens is 1. The molecule has 0 aromatic rings. The van der Waals surface area contributed by atoms with Crippen LogP contribution in [0.1, 0.15) is 90.4 Å². The molecular weight excluding hydrogens is 353 g/mol. The Bertz CT molecular complexity index is 562. The van der Waals surface area contributed by atoms with Gasteiger partial charge in [-0.05, 0) is 82.1 Å². The molecule has 2 fully saturated rings. The molecule has 2 aliphatic rings. The van der Waals surface area contributed by atoms with Gasteiger partial charge < -0.3 is 4.74 Å². The van der Waals surface area contributed by atoms with E-state index in [-0.39, 0.29) is 18.0 Å². The summed E-state index contributed by atoms with van der Waals surface area (Å²) < 4.78 is 18.5. The van der Waals surface area contributed by atoms with Crippen molar-refractivity contribution >= 4 is 5.97 Å². The molecule has 0 unspecified atom stereocenters. The van der Waals surface area contributed by atoms with E-state index in [0.29, 0.717) is 5.92 Å². The zero-order valence-electron chi connectivity index (χ0n) is 17.4. The monoisotopic (exact) mass is 389 g/mol. The first-order chi connectivity index (χ1) is 13.6. The van der Waals surface area contributed by atoms with E-state index in [4.69, 9.17) is 10.00 Å². The van der Waals surface area contributed by atoms with Gasteiger partial charge in [-0.1, -0.05) is 38.3 Å². The molecule has 0 atom stereocenters. The van der Waals surface area contributed by atoms with Crippen molar-refractivity contribution < 1.29 is 13.9 Å². The van der Waals surface area contributed by atoms with E-state index in [0.717, 1.165) is 57.3 Å². The standard InChI is InChI=1S/C24H36FNO2/c1-2-3-7-19-10-14-21(15-11-19)24(27)28-23-16-12-20(13-17-23)8-5-4-6-9-22(25)18-26/h4,6,9,19-21,23H,2-3,5,7-8,10-17H2,1H3. The van der Waals surface area contributed by atoms with Crippen molar-refractivity contribution in [1.29, 1.82) is 5.26 Å².